The summed E-state index contributed by atoms with van der Waals surface area (Å²) in [6.45, 7) is 4.08. The van der Waals surface area contributed by atoms with E-state index in [1.54, 1.807) is 0 Å². The van der Waals surface area contributed by atoms with Crippen LogP contribution in [0.3, 0.4) is 0 Å². The standard InChI is InChI=1S/C17H16ClN3/c1-10-4-7-15-14(8-10)16(19-3)21-17(20-15)13-6-5-12(18)9-11(13)2/h4-9H,1-3H3,(H,19,20,21). The van der Waals surface area contributed by atoms with Gasteiger partial charge in [-0.05, 0) is 49.7 Å². The van der Waals surface area contributed by atoms with Crippen LogP contribution in [0.4, 0.5) is 5.82 Å². The number of benzene rings is 2. The minimum atomic E-state index is 0.713. The Bertz CT molecular complexity index is 828. The normalized spacial score (nSPS) is 10.9. The molecule has 0 aliphatic heterocycles. The van der Waals surface area contributed by atoms with Crippen LogP contribution in [-0.4, -0.2) is 17.0 Å². The first kappa shape index (κ1) is 13.8. The van der Waals surface area contributed by atoms with Crippen molar-refractivity contribution < 1.29 is 0 Å². The van der Waals surface area contributed by atoms with Crippen LogP contribution in [0.5, 0.6) is 0 Å². The lowest BCUT2D eigenvalue weighted by Gasteiger charge is -2.10. The minimum Gasteiger partial charge on any atom is -0.373 e. The average molecular weight is 298 g/mol. The molecule has 0 unspecified atom stereocenters. The van der Waals surface area contributed by atoms with Crippen molar-refractivity contribution in [1.82, 2.24) is 9.97 Å². The van der Waals surface area contributed by atoms with Gasteiger partial charge < -0.3 is 5.32 Å². The second-order valence-electron chi connectivity index (χ2n) is 5.13. The second kappa shape index (κ2) is 5.34. The molecule has 1 heterocycles. The molecule has 0 aliphatic carbocycles. The lowest BCUT2D eigenvalue weighted by molar-refractivity contribution is 1.20. The van der Waals surface area contributed by atoms with Gasteiger partial charge in [0, 0.05) is 23.0 Å². The molecule has 0 bridgehead atoms. The van der Waals surface area contributed by atoms with E-state index in [1.165, 1.54) is 5.56 Å². The number of nitrogens with one attached hydrogen (secondary N) is 1. The summed E-state index contributed by atoms with van der Waals surface area (Å²) in [6, 6.07) is 12.0. The van der Waals surface area contributed by atoms with Gasteiger partial charge in [0.15, 0.2) is 5.82 Å². The fraction of sp³-hybridized carbons (Fsp3) is 0.176. The van der Waals surface area contributed by atoms with Crippen LogP contribution < -0.4 is 5.32 Å². The zero-order chi connectivity index (χ0) is 15.0. The number of fused-ring (bicyclic) bond motifs is 1. The molecule has 1 N–H and O–H groups in total. The van der Waals surface area contributed by atoms with Gasteiger partial charge in [-0.3, -0.25) is 0 Å². The smallest absolute Gasteiger partial charge is 0.162 e. The Balaban J connectivity index is 2.26. The van der Waals surface area contributed by atoms with Crippen molar-refractivity contribution in [2.24, 2.45) is 0 Å². The summed E-state index contributed by atoms with van der Waals surface area (Å²) in [6.07, 6.45) is 0. The number of hydrogen-bond donors (Lipinski definition) is 1. The summed E-state index contributed by atoms with van der Waals surface area (Å²) >= 11 is 6.02. The molecule has 3 rings (SSSR count). The molecule has 0 amide bonds. The first-order chi connectivity index (χ1) is 10.1. The molecule has 0 radical (unpaired) electrons. The van der Waals surface area contributed by atoms with Crippen molar-refractivity contribution in [3.05, 3.63) is 52.5 Å². The third kappa shape index (κ3) is 2.57. The highest BCUT2D eigenvalue weighted by molar-refractivity contribution is 6.30. The molecule has 21 heavy (non-hydrogen) atoms. The highest BCUT2D eigenvalue weighted by Gasteiger charge is 2.10. The zero-order valence-electron chi connectivity index (χ0n) is 12.2. The van der Waals surface area contributed by atoms with Crippen molar-refractivity contribution in [2.45, 2.75) is 13.8 Å². The van der Waals surface area contributed by atoms with Gasteiger partial charge in [0.2, 0.25) is 0 Å². The number of anilines is 1. The quantitative estimate of drug-likeness (QED) is 0.750. The van der Waals surface area contributed by atoms with E-state index in [0.29, 0.717) is 5.82 Å². The van der Waals surface area contributed by atoms with Gasteiger partial charge in [-0.1, -0.05) is 23.2 Å². The Hall–Kier alpha value is -2.13. The summed E-state index contributed by atoms with van der Waals surface area (Å²) in [7, 11) is 1.88. The van der Waals surface area contributed by atoms with Crippen molar-refractivity contribution in [3.8, 4) is 11.4 Å². The molecule has 0 fully saturated rings. The zero-order valence-corrected chi connectivity index (χ0v) is 13.0. The number of aromatic nitrogens is 2. The maximum absolute atomic E-state index is 6.02. The summed E-state index contributed by atoms with van der Waals surface area (Å²) in [4.78, 5) is 9.35. The van der Waals surface area contributed by atoms with Gasteiger partial charge in [-0.15, -0.1) is 0 Å². The van der Waals surface area contributed by atoms with Crippen molar-refractivity contribution in [2.75, 3.05) is 12.4 Å². The van der Waals surface area contributed by atoms with E-state index in [-0.39, 0.29) is 0 Å². The average Bonchev–Trinajstić information content (AvgIpc) is 2.46. The van der Waals surface area contributed by atoms with Gasteiger partial charge in [0.05, 0.1) is 5.52 Å². The van der Waals surface area contributed by atoms with E-state index in [9.17, 15) is 0 Å². The van der Waals surface area contributed by atoms with E-state index >= 15 is 0 Å². The van der Waals surface area contributed by atoms with Crippen LogP contribution in [0, 0.1) is 13.8 Å². The van der Waals surface area contributed by atoms with Gasteiger partial charge >= 0.3 is 0 Å². The van der Waals surface area contributed by atoms with Crippen LogP contribution in [0.2, 0.25) is 5.02 Å². The van der Waals surface area contributed by atoms with Crippen molar-refractivity contribution in [3.63, 3.8) is 0 Å². The summed E-state index contributed by atoms with van der Waals surface area (Å²) < 4.78 is 0. The molecular weight excluding hydrogens is 282 g/mol. The minimum absolute atomic E-state index is 0.713. The van der Waals surface area contributed by atoms with E-state index in [2.05, 4.69) is 29.4 Å². The number of halogens is 1. The molecule has 1 aromatic heterocycles. The third-order valence-electron chi connectivity index (χ3n) is 3.52. The molecule has 0 saturated carbocycles. The molecule has 106 valence electrons. The molecular formula is C17H16ClN3. The van der Waals surface area contributed by atoms with E-state index < -0.39 is 0 Å². The highest BCUT2D eigenvalue weighted by Crippen LogP contribution is 2.28. The van der Waals surface area contributed by atoms with Crippen LogP contribution in [-0.2, 0) is 0 Å². The lowest BCUT2D eigenvalue weighted by atomic mass is 10.1. The van der Waals surface area contributed by atoms with Crippen LogP contribution >= 0.6 is 11.6 Å². The van der Waals surface area contributed by atoms with Gasteiger partial charge in [-0.2, -0.15) is 0 Å². The molecule has 3 nitrogen and oxygen atoms in total. The monoisotopic (exact) mass is 297 g/mol. The first-order valence-corrected chi connectivity index (χ1v) is 7.19. The summed E-state index contributed by atoms with van der Waals surface area (Å²) in [5.74, 6) is 1.55. The number of rotatable bonds is 2. The van der Waals surface area contributed by atoms with E-state index in [1.807, 2.05) is 38.2 Å². The van der Waals surface area contributed by atoms with E-state index in [4.69, 9.17) is 16.6 Å². The van der Waals surface area contributed by atoms with Crippen LogP contribution in [0.25, 0.3) is 22.3 Å². The fourth-order valence-corrected chi connectivity index (χ4v) is 2.66. The maximum Gasteiger partial charge on any atom is 0.162 e. The molecule has 0 spiro atoms. The largest absolute Gasteiger partial charge is 0.373 e. The van der Waals surface area contributed by atoms with Gasteiger partial charge in [0.1, 0.15) is 5.82 Å². The topological polar surface area (TPSA) is 37.8 Å². The molecule has 0 aliphatic rings. The summed E-state index contributed by atoms with van der Waals surface area (Å²) in [5.41, 5.74) is 4.19. The SMILES string of the molecule is CNc1nc(-c2ccc(Cl)cc2C)nc2ccc(C)cc12. The third-order valence-corrected chi connectivity index (χ3v) is 3.75. The predicted octanol–water partition coefficient (Wildman–Crippen LogP) is 4.61. The van der Waals surface area contributed by atoms with Crippen molar-refractivity contribution >= 4 is 28.3 Å². The number of hydrogen-bond acceptors (Lipinski definition) is 3. The summed E-state index contributed by atoms with van der Waals surface area (Å²) in [5, 5.41) is 4.92. The Morgan fingerprint density at radius 2 is 1.81 bits per heavy atom. The van der Waals surface area contributed by atoms with Gasteiger partial charge in [-0.25, -0.2) is 9.97 Å². The molecule has 2 aromatic carbocycles. The van der Waals surface area contributed by atoms with Crippen LogP contribution in [0.1, 0.15) is 11.1 Å². The van der Waals surface area contributed by atoms with Gasteiger partial charge in [0.25, 0.3) is 0 Å². The molecule has 0 saturated heterocycles. The number of nitrogens with zero attached hydrogens (tertiary/aromatic N) is 2. The Labute approximate surface area is 129 Å². The molecule has 0 atom stereocenters. The predicted molar refractivity (Wildman–Crippen MR) is 89.0 cm³/mol. The Morgan fingerprint density at radius 3 is 2.52 bits per heavy atom. The molecule has 4 heteroatoms. The van der Waals surface area contributed by atoms with Crippen molar-refractivity contribution in [1.29, 1.82) is 0 Å². The highest BCUT2D eigenvalue weighted by atomic mass is 35.5. The number of aryl methyl sites for hydroxylation is 2. The fourth-order valence-electron chi connectivity index (χ4n) is 2.43. The van der Waals surface area contributed by atoms with E-state index in [0.717, 1.165) is 32.9 Å². The first-order valence-electron chi connectivity index (χ1n) is 6.81. The Morgan fingerprint density at radius 1 is 1.00 bits per heavy atom. The second-order valence-corrected chi connectivity index (χ2v) is 5.56. The lowest BCUT2D eigenvalue weighted by Crippen LogP contribution is -2.00. The Kier molecular flexibility index (Phi) is 3.52. The van der Waals surface area contributed by atoms with Crippen LogP contribution in [0.15, 0.2) is 36.4 Å². The maximum atomic E-state index is 6.02. The molecule has 3 aromatic rings.